The lowest BCUT2D eigenvalue weighted by atomic mass is 10.2. The molecule has 0 radical (unpaired) electrons. The Kier molecular flexibility index (Phi) is 4.81. The molecule has 0 spiro atoms. The van der Waals surface area contributed by atoms with Crippen LogP contribution in [0.3, 0.4) is 0 Å². The highest BCUT2D eigenvalue weighted by atomic mass is 32.1. The lowest BCUT2D eigenvalue weighted by Gasteiger charge is -2.08. The Balaban J connectivity index is 1.70. The van der Waals surface area contributed by atoms with Crippen molar-refractivity contribution >= 4 is 22.9 Å². The molecule has 0 unspecified atom stereocenters. The molecule has 1 heterocycles. The highest BCUT2D eigenvalue weighted by Crippen LogP contribution is 2.23. The molecule has 0 saturated carbocycles. The second kappa shape index (κ2) is 7.18. The van der Waals surface area contributed by atoms with E-state index in [-0.39, 0.29) is 11.3 Å². The molecule has 3 rings (SSSR count). The summed E-state index contributed by atoms with van der Waals surface area (Å²) >= 11 is 1.53. The number of thiazole rings is 1. The van der Waals surface area contributed by atoms with Crippen LogP contribution < -0.4 is 10.1 Å². The summed E-state index contributed by atoms with van der Waals surface area (Å²) in [6.07, 6.45) is 1.73. The first kappa shape index (κ1) is 16.1. The van der Waals surface area contributed by atoms with Crippen LogP contribution in [0.5, 0.6) is 5.75 Å². The lowest BCUT2D eigenvalue weighted by Crippen LogP contribution is -2.12. The van der Waals surface area contributed by atoms with Gasteiger partial charge in [-0.15, -0.1) is 11.3 Å². The third-order valence-corrected chi connectivity index (χ3v) is 3.97. The Bertz CT molecular complexity index is 821. The summed E-state index contributed by atoms with van der Waals surface area (Å²) in [5, 5.41) is 5.49. The summed E-state index contributed by atoms with van der Waals surface area (Å²) < 4.78 is 28.7. The van der Waals surface area contributed by atoms with Crippen LogP contribution in [0.2, 0.25) is 0 Å². The highest BCUT2D eigenvalue weighted by Gasteiger charge is 2.10. The summed E-state index contributed by atoms with van der Waals surface area (Å²) in [5.41, 5.74) is 1.79. The zero-order valence-electron chi connectivity index (χ0n) is 12.3. The first-order valence-corrected chi connectivity index (χ1v) is 7.86. The number of anilines is 1. The third-order valence-electron chi connectivity index (χ3n) is 3.14. The topological polar surface area (TPSA) is 51.2 Å². The molecule has 0 aliphatic rings. The van der Waals surface area contributed by atoms with Crippen molar-refractivity contribution in [1.82, 2.24) is 4.98 Å². The van der Waals surface area contributed by atoms with Crippen molar-refractivity contribution in [2.45, 2.75) is 6.61 Å². The quantitative estimate of drug-likeness (QED) is 0.731. The SMILES string of the molecule is O=C(Nc1ccc(-c2nccs2)cc1)c1cccc(OC(F)F)c1. The molecule has 7 heteroatoms. The van der Waals surface area contributed by atoms with Crippen LogP contribution in [0, 0.1) is 0 Å². The van der Waals surface area contributed by atoms with Crippen molar-refractivity contribution in [3.05, 3.63) is 65.7 Å². The number of benzene rings is 2. The van der Waals surface area contributed by atoms with Crippen molar-refractivity contribution in [3.8, 4) is 16.3 Å². The van der Waals surface area contributed by atoms with Gasteiger partial charge in [0.15, 0.2) is 0 Å². The Labute approximate surface area is 140 Å². The van der Waals surface area contributed by atoms with E-state index in [1.165, 1.54) is 35.6 Å². The van der Waals surface area contributed by atoms with E-state index in [1.807, 2.05) is 17.5 Å². The van der Waals surface area contributed by atoms with Crippen LogP contribution in [-0.4, -0.2) is 17.5 Å². The van der Waals surface area contributed by atoms with Gasteiger partial charge in [-0.05, 0) is 42.5 Å². The molecule has 0 aliphatic heterocycles. The van der Waals surface area contributed by atoms with Crippen molar-refractivity contribution < 1.29 is 18.3 Å². The molecule has 4 nitrogen and oxygen atoms in total. The summed E-state index contributed by atoms with van der Waals surface area (Å²) in [5.74, 6) is -0.464. The number of rotatable bonds is 5. The number of carbonyl (C=O) groups excluding carboxylic acids is 1. The molecule has 1 N–H and O–H groups in total. The van der Waals surface area contributed by atoms with Gasteiger partial charge in [0.05, 0.1) is 0 Å². The Hall–Kier alpha value is -2.80. The van der Waals surface area contributed by atoms with E-state index in [0.29, 0.717) is 5.69 Å². The molecule has 24 heavy (non-hydrogen) atoms. The highest BCUT2D eigenvalue weighted by molar-refractivity contribution is 7.13. The second-order valence-corrected chi connectivity index (χ2v) is 5.67. The molecule has 0 bridgehead atoms. The van der Waals surface area contributed by atoms with E-state index in [1.54, 1.807) is 18.3 Å². The van der Waals surface area contributed by atoms with Gasteiger partial charge in [0, 0.05) is 28.4 Å². The number of aromatic nitrogens is 1. The number of nitrogens with zero attached hydrogens (tertiary/aromatic N) is 1. The van der Waals surface area contributed by atoms with Crippen LogP contribution in [0.15, 0.2) is 60.1 Å². The van der Waals surface area contributed by atoms with Gasteiger partial charge in [-0.3, -0.25) is 4.79 Å². The minimum Gasteiger partial charge on any atom is -0.435 e. The number of alkyl halides is 2. The van der Waals surface area contributed by atoms with Crippen LogP contribution in [0.4, 0.5) is 14.5 Å². The van der Waals surface area contributed by atoms with E-state index in [4.69, 9.17) is 0 Å². The number of carbonyl (C=O) groups is 1. The second-order valence-electron chi connectivity index (χ2n) is 4.78. The minimum absolute atomic E-state index is 0.0585. The maximum absolute atomic E-state index is 12.2. The van der Waals surface area contributed by atoms with Crippen molar-refractivity contribution in [3.63, 3.8) is 0 Å². The standard InChI is InChI=1S/C17H12F2N2O2S/c18-17(19)23-14-3-1-2-12(10-14)15(22)21-13-6-4-11(5-7-13)16-20-8-9-24-16/h1-10,17H,(H,21,22). The number of nitrogens with one attached hydrogen (secondary N) is 1. The van der Waals surface area contributed by atoms with Crippen molar-refractivity contribution in [1.29, 1.82) is 0 Å². The van der Waals surface area contributed by atoms with Gasteiger partial charge in [0.2, 0.25) is 0 Å². The average molecular weight is 346 g/mol. The first-order chi connectivity index (χ1) is 11.6. The fraction of sp³-hybridized carbons (Fsp3) is 0.0588. The molecule has 1 aromatic heterocycles. The summed E-state index contributed by atoms with van der Waals surface area (Å²) in [6.45, 7) is -2.93. The predicted molar refractivity (Wildman–Crippen MR) is 88.6 cm³/mol. The molecule has 0 atom stereocenters. The molecule has 122 valence electrons. The van der Waals surface area contributed by atoms with E-state index in [2.05, 4.69) is 15.0 Å². The number of hydrogen-bond acceptors (Lipinski definition) is 4. The van der Waals surface area contributed by atoms with E-state index in [0.717, 1.165) is 10.6 Å². The Morgan fingerprint density at radius 3 is 2.62 bits per heavy atom. The van der Waals surface area contributed by atoms with Crippen molar-refractivity contribution in [2.75, 3.05) is 5.32 Å². The minimum atomic E-state index is -2.93. The number of hydrogen-bond donors (Lipinski definition) is 1. The molecule has 2 aromatic carbocycles. The van der Waals surface area contributed by atoms with Gasteiger partial charge in [-0.25, -0.2) is 4.98 Å². The van der Waals surface area contributed by atoms with Gasteiger partial charge in [-0.2, -0.15) is 8.78 Å². The fourth-order valence-electron chi connectivity index (χ4n) is 2.08. The molecule has 0 aliphatic carbocycles. The maximum atomic E-state index is 12.2. The number of amides is 1. The van der Waals surface area contributed by atoms with Gasteiger partial charge in [-0.1, -0.05) is 6.07 Å². The average Bonchev–Trinajstić information content (AvgIpc) is 3.09. The van der Waals surface area contributed by atoms with Gasteiger partial charge in [0.25, 0.3) is 5.91 Å². The van der Waals surface area contributed by atoms with Crippen LogP contribution in [0.25, 0.3) is 10.6 Å². The van der Waals surface area contributed by atoms with Gasteiger partial charge < -0.3 is 10.1 Å². The molecular formula is C17H12F2N2O2S. The maximum Gasteiger partial charge on any atom is 0.387 e. The largest absolute Gasteiger partial charge is 0.435 e. The molecule has 1 amide bonds. The Morgan fingerprint density at radius 1 is 1.17 bits per heavy atom. The smallest absolute Gasteiger partial charge is 0.387 e. The predicted octanol–water partition coefficient (Wildman–Crippen LogP) is 4.66. The van der Waals surface area contributed by atoms with Gasteiger partial charge >= 0.3 is 6.61 Å². The molecular weight excluding hydrogens is 334 g/mol. The van der Waals surface area contributed by atoms with Crippen LogP contribution in [-0.2, 0) is 0 Å². The zero-order valence-corrected chi connectivity index (χ0v) is 13.1. The fourth-order valence-corrected chi connectivity index (χ4v) is 2.72. The van der Waals surface area contributed by atoms with E-state index >= 15 is 0 Å². The van der Waals surface area contributed by atoms with Crippen molar-refractivity contribution in [2.24, 2.45) is 0 Å². The van der Waals surface area contributed by atoms with E-state index < -0.39 is 12.5 Å². The normalized spacial score (nSPS) is 10.6. The van der Waals surface area contributed by atoms with Crippen LogP contribution in [0.1, 0.15) is 10.4 Å². The van der Waals surface area contributed by atoms with E-state index in [9.17, 15) is 13.6 Å². The molecule has 0 saturated heterocycles. The van der Waals surface area contributed by atoms with Crippen LogP contribution >= 0.6 is 11.3 Å². The molecule has 0 fully saturated rings. The number of ether oxygens (including phenoxy) is 1. The summed E-state index contributed by atoms with van der Waals surface area (Å²) in [7, 11) is 0. The zero-order chi connectivity index (χ0) is 16.9. The summed E-state index contributed by atoms with van der Waals surface area (Å²) in [6, 6.07) is 12.9. The monoisotopic (exact) mass is 346 g/mol. The lowest BCUT2D eigenvalue weighted by molar-refractivity contribution is -0.0498. The molecule has 3 aromatic rings. The number of halogens is 2. The Morgan fingerprint density at radius 2 is 1.96 bits per heavy atom. The summed E-state index contributed by atoms with van der Waals surface area (Å²) in [4.78, 5) is 16.4. The first-order valence-electron chi connectivity index (χ1n) is 6.98. The van der Waals surface area contributed by atoms with Gasteiger partial charge in [0.1, 0.15) is 10.8 Å². The third kappa shape index (κ3) is 3.94.